The summed E-state index contributed by atoms with van der Waals surface area (Å²) in [6.45, 7) is 0.0651. The van der Waals surface area contributed by atoms with Gasteiger partial charge in [0.15, 0.2) is 0 Å². The first kappa shape index (κ1) is 15.4. The van der Waals surface area contributed by atoms with E-state index in [4.69, 9.17) is 5.26 Å². The van der Waals surface area contributed by atoms with Crippen molar-refractivity contribution < 1.29 is 14.0 Å². The average Bonchev–Trinajstić information content (AvgIpc) is 2.85. The van der Waals surface area contributed by atoms with Crippen LogP contribution in [-0.2, 0) is 11.3 Å². The Labute approximate surface area is 137 Å². The highest BCUT2D eigenvalue weighted by Gasteiger charge is 2.33. The molecule has 0 radical (unpaired) electrons. The zero-order chi connectivity index (χ0) is 17.1. The molecule has 0 saturated carbocycles. The van der Waals surface area contributed by atoms with E-state index < -0.39 is 11.9 Å². The van der Waals surface area contributed by atoms with Crippen molar-refractivity contribution in [2.45, 2.75) is 6.54 Å². The lowest BCUT2D eigenvalue weighted by molar-refractivity contribution is -0.123. The van der Waals surface area contributed by atoms with Crippen LogP contribution in [0.1, 0.15) is 16.7 Å². The molecule has 3 rings (SSSR count). The van der Waals surface area contributed by atoms with Crippen molar-refractivity contribution in [3.8, 4) is 6.07 Å². The van der Waals surface area contributed by atoms with E-state index in [-0.39, 0.29) is 18.1 Å². The van der Waals surface area contributed by atoms with Crippen LogP contribution in [0.3, 0.4) is 0 Å². The Kier molecular flexibility index (Phi) is 4.08. The van der Waals surface area contributed by atoms with E-state index in [2.05, 4.69) is 5.32 Å². The molecule has 0 aromatic heterocycles. The number of nitrogens with zero attached hydrogens (tertiary/aromatic N) is 2. The number of hydrogen-bond acceptors (Lipinski definition) is 3. The summed E-state index contributed by atoms with van der Waals surface area (Å²) in [6, 6.07) is 13.7. The molecule has 0 unspecified atom stereocenters. The number of rotatable bonds is 3. The molecule has 6 heteroatoms. The Morgan fingerprint density at radius 2 is 1.75 bits per heavy atom. The van der Waals surface area contributed by atoms with Gasteiger partial charge >= 0.3 is 6.03 Å². The van der Waals surface area contributed by atoms with Gasteiger partial charge in [0.1, 0.15) is 11.5 Å². The van der Waals surface area contributed by atoms with Crippen LogP contribution in [0, 0.1) is 17.1 Å². The smallest absolute Gasteiger partial charge is 0.303 e. The van der Waals surface area contributed by atoms with E-state index in [1.54, 1.807) is 30.3 Å². The zero-order valence-corrected chi connectivity index (χ0v) is 12.5. The molecular formula is C18H12FN3O2. The molecule has 3 amide bonds. The van der Waals surface area contributed by atoms with Crippen LogP contribution in [0.15, 0.2) is 54.2 Å². The average molecular weight is 321 g/mol. The van der Waals surface area contributed by atoms with E-state index in [0.29, 0.717) is 16.7 Å². The maximum absolute atomic E-state index is 12.9. The van der Waals surface area contributed by atoms with Gasteiger partial charge in [0.2, 0.25) is 0 Å². The van der Waals surface area contributed by atoms with Gasteiger partial charge in [-0.15, -0.1) is 0 Å². The third-order valence-corrected chi connectivity index (χ3v) is 3.57. The number of benzene rings is 2. The van der Waals surface area contributed by atoms with Gasteiger partial charge in [0.05, 0.1) is 18.2 Å². The molecule has 0 atom stereocenters. The second-order valence-corrected chi connectivity index (χ2v) is 5.24. The fourth-order valence-corrected chi connectivity index (χ4v) is 2.31. The van der Waals surface area contributed by atoms with Gasteiger partial charge in [-0.2, -0.15) is 5.26 Å². The summed E-state index contributed by atoms with van der Waals surface area (Å²) >= 11 is 0. The molecule has 24 heavy (non-hydrogen) atoms. The minimum Gasteiger partial charge on any atom is -0.303 e. The largest absolute Gasteiger partial charge is 0.329 e. The number of hydrogen-bond donors (Lipinski definition) is 1. The van der Waals surface area contributed by atoms with E-state index in [1.807, 2.05) is 6.07 Å². The Morgan fingerprint density at radius 1 is 1.08 bits per heavy atom. The van der Waals surface area contributed by atoms with Gasteiger partial charge in [-0.25, -0.2) is 9.18 Å². The van der Waals surface area contributed by atoms with Crippen molar-refractivity contribution in [3.63, 3.8) is 0 Å². The number of carbonyl (C=O) groups excluding carboxylic acids is 2. The number of nitrogens with one attached hydrogen (secondary N) is 1. The molecule has 0 spiro atoms. The van der Waals surface area contributed by atoms with E-state index >= 15 is 0 Å². The Hall–Kier alpha value is -3.46. The minimum atomic E-state index is -0.524. The predicted octanol–water partition coefficient (Wildman–Crippen LogP) is 2.79. The summed E-state index contributed by atoms with van der Waals surface area (Å²) in [7, 11) is 0. The van der Waals surface area contributed by atoms with Gasteiger partial charge in [-0.3, -0.25) is 9.69 Å². The topological polar surface area (TPSA) is 73.2 Å². The molecule has 0 bridgehead atoms. The lowest BCUT2D eigenvalue weighted by atomic mass is 10.1. The summed E-state index contributed by atoms with van der Waals surface area (Å²) < 4.78 is 12.9. The molecular weight excluding hydrogens is 309 g/mol. The Bertz CT molecular complexity index is 865. The number of urea groups is 1. The number of imide groups is 1. The van der Waals surface area contributed by atoms with Crippen molar-refractivity contribution >= 4 is 18.0 Å². The van der Waals surface area contributed by atoms with Gasteiger partial charge in [0, 0.05) is 0 Å². The van der Waals surface area contributed by atoms with Crippen LogP contribution in [0.5, 0.6) is 0 Å². The summed E-state index contributed by atoms with van der Waals surface area (Å²) in [5.74, 6) is -0.828. The lowest BCUT2D eigenvalue weighted by Crippen LogP contribution is -2.30. The number of nitriles is 1. The molecule has 1 aliphatic heterocycles. The summed E-state index contributed by atoms with van der Waals surface area (Å²) in [5, 5.41) is 11.3. The molecule has 2 aromatic carbocycles. The van der Waals surface area contributed by atoms with Gasteiger partial charge < -0.3 is 5.32 Å². The maximum atomic E-state index is 12.9. The second-order valence-electron chi connectivity index (χ2n) is 5.24. The molecule has 2 aromatic rings. The minimum absolute atomic E-state index is 0.0651. The lowest BCUT2D eigenvalue weighted by Gasteiger charge is -2.11. The summed E-state index contributed by atoms with van der Waals surface area (Å²) in [6.07, 6.45) is 1.55. The molecule has 1 aliphatic rings. The zero-order valence-electron chi connectivity index (χ0n) is 12.5. The molecule has 1 N–H and O–H groups in total. The summed E-state index contributed by atoms with van der Waals surface area (Å²) in [4.78, 5) is 25.4. The molecule has 5 nitrogen and oxygen atoms in total. The quantitative estimate of drug-likeness (QED) is 0.698. The third-order valence-electron chi connectivity index (χ3n) is 3.57. The van der Waals surface area contributed by atoms with Gasteiger partial charge in [-0.05, 0) is 41.5 Å². The second kappa shape index (κ2) is 6.34. The highest BCUT2D eigenvalue weighted by Crippen LogP contribution is 2.17. The summed E-state index contributed by atoms with van der Waals surface area (Å²) in [5.41, 5.74) is 2.02. The van der Waals surface area contributed by atoms with E-state index in [1.165, 1.54) is 24.3 Å². The van der Waals surface area contributed by atoms with Crippen LogP contribution in [0.4, 0.5) is 9.18 Å². The highest BCUT2D eigenvalue weighted by molar-refractivity contribution is 6.13. The van der Waals surface area contributed by atoms with Gasteiger partial charge in [0.25, 0.3) is 5.91 Å². The van der Waals surface area contributed by atoms with Crippen LogP contribution in [-0.4, -0.2) is 16.8 Å². The van der Waals surface area contributed by atoms with Crippen molar-refractivity contribution in [1.82, 2.24) is 10.2 Å². The van der Waals surface area contributed by atoms with Crippen molar-refractivity contribution in [2.75, 3.05) is 0 Å². The fraction of sp³-hybridized carbons (Fsp3) is 0.0556. The number of carbonyl (C=O) groups is 2. The molecule has 1 saturated heterocycles. The Morgan fingerprint density at radius 3 is 2.38 bits per heavy atom. The van der Waals surface area contributed by atoms with Gasteiger partial charge in [-0.1, -0.05) is 24.3 Å². The first-order valence-corrected chi connectivity index (χ1v) is 7.16. The molecule has 1 heterocycles. The third kappa shape index (κ3) is 3.15. The molecule has 0 aliphatic carbocycles. The number of amides is 3. The van der Waals surface area contributed by atoms with Crippen LogP contribution in [0.25, 0.3) is 6.08 Å². The van der Waals surface area contributed by atoms with Crippen LogP contribution in [0.2, 0.25) is 0 Å². The standard InChI is InChI=1S/C18H12FN3O2/c19-15-7-5-14(6-8-15)11-22-17(23)16(21-18(22)24)9-12-1-3-13(10-20)4-2-12/h1-9H,11H2,(H,21,24)/b16-9-. The maximum Gasteiger partial charge on any atom is 0.329 e. The molecule has 1 fully saturated rings. The first-order valence-electron chi connectivity index (χ1n) is 7.16. The van der Waals surface area contributed by atoms with Crippen molar-refractivity contribution in [3.05, 3.63) is 76.7 Å². The monoisotopic (exact) mass is 321 g/mol. The van der Waals surface area contributed by atoms with Crippen LogP contribution >= 0.6 is 0 Å². The number of halogens is 1. The fourth-order valence-electron chi connectivity index (χ4n) is 2.31. The van der Waals surface area contributed by atoms with E-state index in [9.17, 15) is 14.0 Å². The predicted molar refractivity (Wildman–Crippen MR) is 84.6 cm³/mol. The SMILES string of the molecule is N#Cc1ccc(/C=C2\NC(=O)N(Cc3ccc(F)cc3)C2=O)cc1. The normalized spacial score (nSPS) is 15.5. The van der Waals surface area contributed by atoms with Crippen molar-refractivity contribution in [2.24, 2.45) is 0 Å². The highest BCUT2D eigenvalue weighted by atomic mass is 19.1. The Balaban J connectivity index is 1.79. The van der Waals surface area contributed by atoms with E-state index in [0.717, 1.165) is 4.90 Å². The van der Waals surface area contributed by atoms with Crippen LogP contribution < -0.4 is 5.32 Å². The first-order chi connectivity index (χ1) is 11.6. The molecule has 118 valence electrons. The van der Waals surface area contributed by atoms with Crippen molar-refractivity contribution in [1.29, 1.82) is 5.26 Å².